The zero-order valence-electron chi connectivity index (χ0n) is 32.5. The molecule has 1 amide bonds. The first-order valence-electron chi connectivity index (χ1n) is 20.8. The molecule has 0 aliphatic heterocycles. The minimum absolute atomic E-state index is 0.0725. The van der Waals surface area contributed by atoms with Gasteiger partial charge in [0.05, 0.1) is 0 Å². The molecule has 0 aromatic heterocycles. The van der Waals surface area contributed by atoms with Crippen LogP contribution in [0.2, 0.25) is 0 Å². The highest BCUT2D eigenvalue weighted by molar-refractivity contribution is 5.70. The number of carbonyl (C=O) groups excluding carboxylic acids is 3. The van der Waals surface area contributed by atoms with E-state index in [1.54, 1.807) is 0 Å². The van der Waals surface area contributed by atoms with E-state index >= 15 is 0 Å². The quantitative estimate of drug-likeness (QED) is 0.0286. The number of hydrogen-bond acceptors (Lipinski definition) is 7. The normalized spacial score (nSPS) is 12.1. The van der Waals surface area contributed by atoms with Crippen molar-refractivity contribution < 1.29 is 28.6 Å². The zero-order chi connectivity index (χ0) is 36.6. The van der Waals surface area contributed by atoms with E-state index in [0.29, 0.717) is 12.8 Å². The van der Waals surface area contributed by atoms with Crippen molar-refractivity contribution in [3.63, 3.8) is 0 Å². The van der Waals surface area contributed by atoms with Gasteiger partial charge in [-0.1, -0.05) is 141 Å². The van der Waals surface area contributed by atoms with Gasteiger partial charge in [0.25, 0.3) is 0 Å². The Hall–Kier alpha value is -2.35. The zero-order valence-corrected chi connectivity index (χ0v) is 32.5. The maximum absolute atomic E-state index is 12.3. The van der Waals surface area contributed by atoms with Gasteiger partial charge in [0.15, 0.2) is 0 Å². The Bertz CT molecular complexity index is 775. The van der Waals surface area contributed by atoms with Crippen LogP contribution in [0.5, 0.6) is 0 Å². The molecule has 0 rings (SSSR count). The smallest absolute Gasteiger partial charge is 0.407 e. The minimum atomic E-state index is -0.684. The molecule has 0 aliphatic carbocycles. The van der Waals surface area contributed by atoms with Crippen molar-refractivity contribution in [1.82, 2.24) is 5.32 Å². The van der Waals surface area contributed by atoms with Crippen LogP contribution in [-0.2, 0) is 23.8 Å². The molecule has 0 saturated carbocycles. The highest BCUT2D eigenvalue weighted by atomic mass is 16.6. The third-order valence-corrected chi connectivity index (χ3v) is 8.85. The van der Waals surface area contributed by atoms with E-state index < -0.39 is 12.1 Å². The maximum atomic E-state index is 12.3. The summed E-state index contributed by atoms with van der Waals surface area (Å²) in [5, 5.41) is 2.62. The van der Waals surface area contributed by atoms with E-state index in [-0.39, 0.29) is 38.3 Å². The molecule has 0 aromatic rings. The van der Waals surface area contributed by atoms with Gasteiger partial charge in [-0.2, -0.15) is 0 Å². The van der Waals surface area contributed by atoms with Gasteiger partial charge in [-0.05, 0) is 64.2 Å². The number of nitrogens with two attached hydrogens (primary N) is 1. The Morgan fingerprint density at radius 1 is 0.500 bits per heavy atom. The number of unbranched alkanes of at least 4 members (excludes halogenated alkanes) is 22. The molecular formula is C42H78N2O6. The maximum Gasteiger partial charge on any atom is 0.407 e. The molecule has 0 radical (unpaired) electrons. The number of allylic oxidation sites excluding steroid dienone is 4. The predicted octanol–water partition coefficient (Wildman–Crippen LogP) is 11.2. The molecule has 0 spiro atoms. The average Bonchev–Trinajstić information content (AvgIpc) is 3.11. The molecule has 8 nitrogen and oxygen atoms in total. The molecule has 0 saturated heterocycles. The number of carbonyl (C=O) groups is 3. The molecule has 8 heteroatoms. The van der Waals surface area contributed by atoms with Crippen LogP contribution < -0.4 is 11.1 Å². The Labute approximate surface area is 307 Å². The summed E-state index contributed by atoms with van der Waals surface area (Å²) in [5.74, 6) is -0.631. The van der Waals surface area contributed by atoms with Crippen molar-refractivity contribution in [3.8, 4) is 0 Å². The molecule has 3 N–H and O–H groups in total. The third kappa shape index (κ3) is 36.9. The van der Waals surface area contributed by atoms with Crippen LogP contribution in [0.15, 0.2) is 24.3 Å². The lowest BCUT2D eigenvalue weighted by atomic mass is 10.1. The summed E-state index contributed by atoms with van der Waals surface area (Å²) in [6.07, 6.45) is 40.4. The molecule has 292 valence electrons. The predicted molar refractivity (Wildman–Crippen MR) is 208 cm³/mol. The summed E-state index contributed by atoms with van der Waals surface area (Å²) >= 11 is 0. The Morgan fingerprint density at radius 2 is 0.840 bits per heavy atom. The van der Waals surface area contributed by atoms with E-state index in [2.05, 4.69) is 43.5 Å². The third-order valence-electron chi connectivity index (χ3n) is 8.85. The molecule has 0 unspecified atom stereocenters. The molecule has 0 heterocycles. The average molecular weight is 707 g/mol. The monoisotopic (exact) mass is 707 g/mol. The van der Waals surface area contributed by atoms with Crippen molar-refractivity contribution in [2.75, 3.05) is 26.4 Å². The molecule has 0 atom stereocenters. The standard InChI is InChI=1S/C42H78N2O6/c1-3-5-7-9-11-13-15-17-19-21-23-25-27-29-31-33-40(45)49-37-39(44-42(47)48-36-35-43)38-50-41(46)34-32-30-28-26-24-22-20-18-16-14-12-10-8-6-4-2/h17-20,39H,3-16,21-38,43H2,1-2H3,(H,44,47). The van der Waals surface area contributed by atoms with Gasteiger partial charge in [0.1, 0.15) is 25.9 Å². The van der Waals surface area contributed by atoms with Gasteiger partial charge >= 0.3 is 18.0 Å². The van der Waals surface area contributed by atoms with Crippen molar-refractivity contribution in [2.24, 2.45) is 5.73 Å². The second-order valence-electron chi connectivity index (χ2n) is 13.8. The SMILES string of the molecule is CCCCCCCCC=CCCCCCCCC(=O)OCC(COC(=O)CCCCCCCC=CCCCCCCCC)NC(=O)OCCN. The number of alkyl carbamates (subject to hydrolysis) is 1. The molecule has 50 heavy (non-hydrogen) atoms. The number of nitrogens with one attached hydrogen (secondary N) is 1. The van der Waals surface area contributed by atoms with Crippen molar-refractivity contribution >= 4 is 18.0 Å². The van der Waals surface area contributed by atoms with Crippen LogP contribution in [0.4, 0.5) is 4.79 Å². The van der Waals surface area contributed by atoms with Gasteiger partial charge in [-0.3, -0.25) is 9.59 Å². The Morgan fingerprint density at radius 3 is 1.20 bits per heavy atom. The topological polar surface area (TPSA) is 117 Å². The lowest BCUT2D eigenvalue weighted by molar-refractivity contribution is -0.147. The van der Waals surface area contributed by atoms with Gasteiger partial charge in [0.2, 0.25) is 0 Å². The summed E-state index contributed by atoms with van der Waals surface area (Å²) < 4.78 is 15.8. The molecular weight excluding hydrogens is 628 g/mol. The number of esters is 2. The number of hydrogen-bond donors (Lipinski definition) is 2. The van der Waals surface area contributed by atoms with Crippen molar-refractivity contribution in [3.05, 3.63) is 24.3 Å². The highest BCUT2D eigenvalue weighted by Gasteiger charge is 2.18. The number of rotatable bonds is 37. The van der Waals surface area contributed by atoms with E-state index in [1.807, 2.05) is 0 Å². The first kappa shape index (κ1) is 47.7. The summed E-state index contributed by atoms with van der Waals surface area (Å²) in [4.78, 5) is 36.8. The van der Waals surface area contributed by atoms with Crippen LogP contribution in [0.1, 0.15) is 194 Å². The van der Waals surface area contributed by atoms with Gasteiger partial charge < -0.3 is 25.3 Å². The van der Waals surface area contributed by atoms with Crippen LogP contribution in [0.25, 0.3) is 0 Å². The molecule has 0 aliphatic rings. The summed E-state index contributed by atoms with van der Waals surface area (Å²) in [6, 6.07) is -0.684. The molecule has 0 bridgehead atoms. The van der Waals surface area contributed by atoms with Gasteiger partial charge in [-0.15, -0.1) is 0 Å². The van der Waals surface area contributed by atoms with E-state index in [9.17, 15) is 14.4 Å². The fourth-order valence-electron chi connectivity index (χ4n) is 5.70. The highest BCUT2D eigenvalue weighted by Crippen LogP contribution is 2.12. The summed E-state index contributed by atoms with van der Waals surface area (Å²) in [5.41, 5.74) is 5.41. The Balaban J connectivity index is 4.02. The molecule has 0 fully saturated rings. The van der Waals surface area contributed by atoms with Gasteiger partial charge in [0, 0.05) is 19.4 Å². The Kier molecular flexibility index (Phi) is 37.6. The first-order chi connectivity index (χ1) is 24.5. The minimum Gasteiger partial charge on any atom is -0.463 e. The first-order valence-corrected chi connectivity index (χ1v) is 20.8. The van der Waals surface area contributed by atoms with Crippen LogP contribution in [-0.4, -0.2) is 50.4 Å². The van der Waals surface area contributed by atoms with Crippen molar-refractivity contribution in [2.45, 2.75) is 200 Å². The van der Waals surface area contributed by atoms with Crippen LogP contribution in [0, 0.1) is 0 Å². The number of amides is 1. The van der Waals surface area contributed by atoms with Gasteiger partial charge in [-0.25, -0.2) is 4.79 Å². The van der Waals surface area contributed by atoms with E-state index in [0.717, 1.165) is 64.2 Å². The summed E-state index contributed by atoms with van der Waals surface area (Å²) in [6.45, 7) is 4.62. The number of ether oxygens (including phenoxy) is 3. The van der Waals surface area contributed by atoms with Crippen LogP contribution in [0.3, 0.4) is 0 Å². The largest absolute Gasteiger partial charge is 0.463 e. The molecule has 0 aromatic carbocycles. The van der Waals surface area contributed by atoms with E-state index in [1.165, 1.54) is 103 Å². The van der Waals surface area contributed by atoms with E-state index in [4.69, 9.17) is 19.9 Å². The second kappa shape index (κ2) is 39.4. The lowest BCUT2D eigenvalue weighted by Gasteiger charge is -2.18. The fraction of sp³-hybridized carbons (Fsp3) is 0.833. The van der Waals surface area contributed by atoms with Crippen LogP contribution >= 0.6 is 0 Å². The summed E-state index contributed by atoms with van der Waals surface area (Å²) in [7, 11) is 0. The lowest BCUT2D eigenvalue weighted by Crippen LogP contribution is -2.43. The second-order valence-corrected chi connectivity index (χ2v) is 13.8. The fourth-order valence-corrected chi connectivity index (χ4v) is 5.70. The van der Waals surface area contributed by atoms with Crippen molar-refractivity contribution in [1.29, 1.82) is 0 Å².